The molecule has 0 bridgehead atoms. The number of amides is 1. The van der Waals surface area contributed by atoms with Gasteiger partial charge in [-0.05, 0) is 73.9 Å². The van der Waals surface area contributed by atoms with Gasteiger partial charge in [-0.25, -0.2) is 4.79 Å². The summed E-state index contributed by atoms with van der Waals surface area (Å²) in [6, 6.07) is 8.51. The molecule has 1 aliphatic heterocycles. The molecule has 1 heterocycles. The zero-order valence-corrected chi connectivity index (χ0v) is 13.8. The molecule has 0 radical (unpaired) electrons. The molecule has 0 aromatic heterocycles. The number of hydrogen-bond acceptors (Lipinski definition) is 2. The smallest absolute Gasteiger partial charge is 0.410 e. The molecule has 1 amide bonds. The molecule has 0 N–H and O–H groups in total. The topological polar surface area (TPSA) is 29.5 Å². The largest absolute Gasteiger partial charge is 0.444 e. The van der Waals surface area contributed by atoms with Gasteiger partial charge in [0.05, 0.1) is 6.04 Å². The molecule has 104 valence electrons. The Morgan fingerprint density at radius 3 is 2.79 bits per heavy atom. The number of carbonyl (C=O) groups excluding carboxylic acids is 1. The molecule has 1 saturated heterocycles. The normalized spacial score (nSPS) is 19.6. The maximum absolute atomic E-state index is 12.2. The standard InChI is InChI=1S/C15H20INO2/c1-15(2,3)19-14(18)17-9-5-8-13(17)11-6-4-7-12(16)10-11/h4,6-7,10,13H,5,8-9H2,1-3H3. The summed E-state index contributed by atoms with van der Waals surface area (Å²) in [6.07, 6.45) is 1.85. The molecule has 2 rings (SSSR count). The zero-order chi connectivity index (χ0) is 14.0. The van der Waals surface area contributed by atoms with E-state index < -0.39 is 5.60 Å². The van der Waals surface area contributed by atoms with E-state index in [9.17, 15) is 4.79 Å². The van der Waals surface area contributed by atoms with Crippen LogP contribution in [0.3, 0.4) is 0 Å². The van der Waals surface area contributed by atoms with Crippen LogP contribution in [0, 0.1) is 3.57 Å². The van der Waals surface area contributed by atoms with Gasteiger partial charge in [-0.3, -0.25) is 0 Å². The van der Waals surface area contributed by atoms with E-state index in [0.717, 1.165) is 19.4 Å². The highest BCUT2D eigenvalue weighted by Crippen LogP contribution is 2.33. The van der Waals surface area contributed by atoms with Crippen molar-refractivity contribution in [2.75, 3.05) is 6.54 Å². The second-order valence-corrected chi connectivity index (χ2v) is 7.13. The zero-order valence-electron chi connectivity index (χ0n) is 11.6. The number of benzene rings is 1. The Morgan fingerprint density at radius 2 is 2.16 bits per heavy atom. The first-order valence-electron chi connectivity index (χ1n) is 6.62. The minimum absolute atomic E-state index is 0.157. The highest BCUT2D eigenvalue weighted by Gasteiger charge is 2.33. The number of ether oxygens (including phenoxy) is 1. The third-order valence-corrected chi connectivity index (χ3v) is 3.79. The summed E-state index contributed by atoms with van der Waals surface area (Å²) in [5.74, 6) is 0. The highest BCUT2D eigenvalue weighted by atomic mass is 127. The molecule has 0 aliphatic carbocycles. The van der Waals surface area contributed by atoms with Gasteiger partial charge in [0.25, 0.3) is 0 Å². The number of likely N-dealkylation sites (tertiary alicyclic amines) is 1. The summed E-state index contributed by atoms with van der Waals surface area (Å²) >= 11 is 2.30. The van der Waals surface area contributed by atoms with Crippen LogP contribution in [0.25, 0.3) is 0 Å². The monoisotopic (exact) mass is 373 g/mol. The van der Waals surface area contributed by atoms with E-state index in [2.05, 4.69) is 40.8 Å². The Kier molecular flexibility index (Phi) is 4.38. The Hall–Kier alpha value is -0.780. The fourth-order valence-electron chi connectivity index (χ4n) is 2.37. The van der Waals surface area contributed by atoms with E-state index in [4.69, 9.17) is 4.74 Å². The fraction of sp³-hybridized carbons (Fsp3) is 0.533. The number of hydrogen-bond donors (Lipinski definition) is 0. The summed E-state index contributed by atoms with van der Waals surface area (Å²) in [5, 5.41) is 0. The number of halogens is 1. The lowest BCUT2D eigenvalue weighted by Gasteiger charge is -2.28. The maximum atomic E-state index is 12.2. The molecule has 1 atom stereocenters. The lowest BCUT2D eigenvalue weighted by atomic mass is 10.1. The van der Waals surface area contributed by atoms with Gasteiger partial charge in [0.15, 0.2) is 0 Å². The van der Waals surface area contributed by atoms with Crippen molar-refractivity contribution in [3.63, 3.8) is 0 Å². The van der Waals surface area contributed by atoms with Gasteiger partial charge in [-0.1, -0.05) is 12.1 Å². The quantitative estimate of drug-likeness (QED) is 0.685. The number of carbonyl (C=O) groups is 1. The third-order valence-electron chi connectivity index (χ3n) is 3.11. The van der Waals surface area contributed by atoms with Crippen molar-refractivity contribution in [1.82, 2.24) is 4.90 Å². The van der Waals surface area contributed by atoms with Crippen LogP contribution >= 0.6 is 22.6 Å². The van der Waals surface area contributed by atoms with Crippen LogP contribution in [0.15, 0.2) is 24.3 Å². The molecule has 19 heavy (non-hydrogen) atoms. The second kappa shape index (κ2) is 5.69. The molecule has 1 aromatic rings. The average molecular weight is 373 g/mol. The van der Waals surface area contributed by atoms with Crippen molar-refractivity contribution in [3.8, 4) is 0 Å². The SMILES string of the molecule is CC(C)(C)OC(=O)N1CCCC1c1cccc(I)c1. The van der Waals surface area contributed by atoms with Gasteiger partial charge in [0.2, 0.25) is 0 Å². The molecule has 3 nitrogen and oxygen atoms in total. The van der Waals surface area contributed by atoms with E-state index in [1.165, 1.54) is 9.13 Å². The predicted molar refractivity (Wildman–Crippen MR) is 84.1 cm³/mol. The Bertz CT molecular complexity index is 467. The molecule has 1 unspecified atom stereocenters. The first-order chi connectivity index (χ1) is 8.87. The van der Waals surface area contributed by atoms with E-state index in [-0.39, 0.29) is 12.1 Å². The van der Waals surface area contributed by atoms with E-state index >= 15 is 0 Å². The van der Waals surface area contributed by atoms with Gasteiger partial charge in [0.1, 0.15) is 5.60 Å². The molecule has 1 aliphatic rings. The Morgan fingerprint density at radius 1 is 1.42 bits per heavy atom. The van der Waals surface area contributed by atoms with Gasteiger partial charge < -0.3 is 9.64 Å². The lowest BCUT2D eigenvalue weighted by molar-refractivity contribution is 0.0224. The minimum Gasteiger partial charge on any atom is -0.444 e. The summed E-state index contributed by atoms with van der Waals surface area (Å²) in [5.41, 5.74) is 0.769. The van der Waals surface area contributed by atoms with Crippen molar-refractivity contribution in [2.45, 2.75) is 45.3 Å². The van der Waals surface area contributed by atoms with Crippen molar-refractivity contribution in [2.24, 2.45) is 0 Å². The summed E-state index contributed by atoms with van der Waals surface area (Å²) in [6.45, 7) is 6.50. The molecular formula is C15H20INO2. The molecule has 4 heteroatoms. The van der Waals surface area contributed by atoms with Crippen LogP contribution in [0.4, 0.5) is 4.79 Å². The summed E-state index contributed by atoms with van der Waals surface area (Å²) in [4.78, 5) is 14.1. The van der Waals surface area contributed by atoms with Crippen LogP contribution in [-0.4, -0.2) is 23.1 Å². The molecule has 1 fully saturated rings. The first-order valence-corrected chi connectivity index (χ1v) is 7.70. The molecular weight excluding hydrogens is 353 g/mol. The fourth-order valence-corrected chi connectivity index (χ4v) is 2.93. The van der Waals surface area contributed by atoms with Gasteiger partial charge in [0, 0.05) is 10.1 Å². The summed E-state index contributed by atoms with van der Waals surface area (Å²) < 4.78 is 6.69. The van der Waals surface area contributed by atoms with Gasteiger partial charge in [-0.2, -0.15) is 0 Å². The van der Waals surface area contributed by atoms with E-state index in [1.807, 2.05) is 31.7 Å². The van der Waals surface area contributed by atoms with Crippen LogP contribution in [-0.2, 0) is 4.74 Å². The Balaban J connectivity index is 2.15. The van der Waals surface area contributed by atoms with Crippen LogP contribution < -0.4 is 0 Å². The minimum atomic E-state index is -0.435. The first kappa shape index (κ1) is 14.6. The van der Waals surface area contributed by atoms with Crippen molar-refractivity contribution < 1.29 is 9.53 Å². The molecule has 1 aromatic carbocycles. The van der Waals surface area contributed by atoms with Crippen molar-refractivity contribution in [1.29, 1.82) is 0 Å². The Labute approximate surface area is 128 Å². The van der Waals surface area contributed by atoms with Crippen LogP contribution in [0.2, 0.25) is 0 Å². The third kappa shape index (κ3) is 3.84. The lowest BCUT2D eigenvalue weighted by Crippen LogP contribution is -2.36. The van der Waals surface area contributed by atoms with Gasteiger partial charge in [-0.15, -0.1) is 0 Å². The average Bonchev–Trinajstić information content (AvgIpc) is 2.75. The highest BCUT2D eigenvalue weighted by molar-refractivity contribution is 14.1. The van der Waals surface area contributed by atoms with Crippen molar-refractivity contribution in [3.05, 3.63) is 33.4 Å². The van der Waals surface area contributed by atoms with Crippen LogP contribution in [0.5, 0.6) is 0 Å². The number of nitrogens with zero attached hydrogens (tertiary/aromatic N) is 1. The van der Waals surface area contributed by atoms with Crippen molar-refractivity contribution >= 4 is 28.7 Å². The summed E-state index contributed by atoms with van der Waals surface area (Å²) in [7, 11) is 0. The molecule has 0 saturated carbocycles. The number of rotatable bonds is 1. The van der Waals surface area contributed by atoms with E-state index in [0.29, 0.717) is 0 Å². The maximum Gasteiger partial charge on any atom is 0.410 e. The predicted octanol–water partition coefficient (Wildman–Crippen LogP) is 4.36. The van der Waals surface area contributed by atoms with Crippen LogP contribution in [0.1, 0.15) is 45.2 Å². The van der Waals surface area contributed by atoms with Gasteiger partial charge >= 0.3 is 6.09 Å². The molecule has 0 spiro atoms. The second-order valence-electron chi connectivity index (χ2n) is 5.89. The van der Waals surface area contributed by atoms with E-state index in [1.54, 1.807) is 0 Å².